The summed E-state index contributed by atoms with van der Waals surface area (Å²) in [6.07, 6.45) is 6.48. The number of likely N-dealkylation sites (tertiary alicyclic amines) is 1. The maximum Gasteiger partial charge on any atom is 0.311 e. The molecular weight excluding hydrogens is 402 g/mol. The number of ether oxygens (including phenoxy) is 1. The number of carbonyl (C=O) groups excluding carboxylic acids is 1. The molecule has 0 spiro atoms. The molecule has 1 aromatic carbocycles. The zero-order chi connectivity index (χ0) is 22.5. The molecule has 1 saturated carbocycles. The monoisotopic (exact) mass is 439 g/mol. The third-order valence-electron chi connectivity index (χ3n) is 9.19. The molecule has 5 nitrogen and oxygen atoms in total. The maximum atomic E-state index is 12.9. The van der Waals surface area contributed by atoms with Gasteiger partial charge in [-0.1, -0.05) is 55.8 Å². The summed E-state index contributed by atoms with van der Waals surface area (Å²) in [5.74, 6) is -0.185. The predicted molar refractivity (Wildman–Crippen MR) is 123 cm³/mol. The lowest BCUT2D eigenvalue weighted by atomic mass is 9.55. The number of hydrogen-bond acceptors (Lipinski definition) is 5. The molecule has 0 unspecified atom stereocenters. The Morgan fingerprint density at radius 1 is 1.19 bits per heavy atom. The van der Waals surface area contributed by atoms with E-state index in [2.05, 4.69) is 37.0 Å². The number of nitrogens with zero attached hydrogens (tertiary/aromatic N) is 1. The number of allylic oxidation sites excluding steroid dienone is 1. The van der Waals surface area contributed by atoms with Crippen LogP contribution in [0.3, 0.4) is 0 Å². The number of aliphatic hydroxyl groups is 2. The van der Waals surface area contributed by atoms with Gasteiger partial charge in [0.2, 0.25) is 0 Å². The largest absolute Gasteiger partial charge is 0.461 e. The van der Waals surface area contributed by atoms with Crippen LogP contribution >= 0.6 is 0 Å². The van der Waals surface area contributed by atoms with Crippen molar-refractivity contribution in [3.63, 3.8) is 0 Å². The lowest BCUT2D eigenvalue weighted by Crippen LogP contribution is -2.55. The molecular formula is C27H37NO4. The molecule has 6 atom stereocenters. The van der Waals surface area contributed by atoms with Crippen molar-refractivity contribution in [2.75, 3.05) is 19.6 Å². The molecule has 2 aliphatic carbocycles. The van der Waals surface area contributed by atoms with Crippen LogP contribution in [-0.4, -0.2) is 58.5 Å². The summed E-state index contributed by atoms with van der Waals surface area (Å²) in [7, 11) is 0. The fraction of sp³-hybridized carbons (Fsp3) is 0.667. The number of carbonyl (C=O) groups is 1. The average molecular weight is 440 g/mol. The highest BCUT2D eigenvalue weighted by Crippen LogP contribution is 2.56. The van der Waals surface area contributed by atoms with Crippen molar-refractivity contribution < 1.29 is 19.7 Å². The van der Waals surface area contributed by atoms with Crippen LogP contribution in [0, 0.1) is 23.2 Å². The smallest absolute Gasteiger partial charge is 0.311 e. The van der Waals surface area contributed by atoms with Gasteiger partial charge in [-0.2, -0.15) is 0 Å². The van der Waals surface area contributed by atoms with Crippen molar-refractivity contribution >= 4 is 5.97 Å². The lowest BCUT2D eigenvalue weighted by molar-refractivity contribution is -0.145. The quantitative estimate of drug-likeness (QED) is 0.556. The third-order valence-corrected chi connectivity index (χ3v) is 9.19. The Bertz CT molecular complexity index is 875. The highest BCUT2D eigenvalue weighted by Gasteiger charge is 2.59. The number of aliphatic hydroxyl groups excluding tert-OH is 1. The predicted octanol–water partition coefficient (Wildman–Crippen LogP) is 3.34. The van der Waals surface area contributed by atoms with Crippen LogP contribution in [0.1, 0.15) is 51.5 Å². The molecule has 0 aromatic heterocycles. The molecule has 4 aliphatic rings. The summed E-state index contributed by atoms with van der Waals surface area (Å²) < 4.78 is 5.82. The van der Waals surface area contributed by atoms with Crippen LogP contribution in [0.4, 0.5) is 0 Å². The summed E-state index contributed by atoms with van der Waals surface area (Å²) in [5.41, 5.74) is 1.49. The third kappa shape index (κ3) is 3.72. The van der Waals surface area contributed by atoms with Gasteiger partial charge >= 0.3 is 5.97 Å². The Balaban J connectivity index is 1.26. The minimum absolute atomic E-state index is 0.143. The van der Waals surface area contributed by atoms with Crippen molar-refractivity contribution in [2.45, 2.75) is 70.2 Å². The Morgan fingerprint density at radius 2 is 1.91 bits per heavy atom. The Hall–Kier alpha value is -1.69. The van der Waals surface area contributed by atoms with Crippen molar-refractivity contribution in [1.82, 2.24) is 4.90 Å². The van der Waals surface area contributed by atoms with Gasteiger partial charge in [0.1, 0.15) is 6.10 Å². The summed E-state index contributed by atoms with van der Waals surface area (Å²) >= 11 is 0. The van der Waals surface area contributed by atoms with Crippen molar-refractivity contribution in [1.29, 1.82) is 0 Å². The molecule has 2 N–H and O–H groups in total. The van der Waals surface area contributed by atoms with Gasteiger partial charge in [0.25, 0.3) is 0 Å². The molecule has 2 aliphatic heterocycles. The van der Waals surface area contributed by atoms with Crippen LogP contribution in [-0.2, 0) is 16.0 Å². The van der Waals surface area contributed by atoms with Gasteiger partial charge in [0, 0.05) is 43.8 Å². The van der Waals surface area contributed by atoms with Gasteiger partial charge in [0.05, 0.1) is 17.6 Å². The number of fused-ring (bicyclic) bond motifs is 2. The fourth-order valence-corrected chi connectivity index (χ4v) is 6.86. The van der Waals surface area contributed by atoms with Crippen LogP contribution in [0.25, 0.3) is 0 Å². The molecule has 0 bridgehead atoms. The topological polar surface area (TPSA) is 70.0 Å². The second-order valence-corrected chi connectivity index (χ2v) is 11.0. The van der Waals surface area contributed by atoms with Crippen LogP contribution in [0.5, 0.6) is 0 Å². The second-order valence-electron chi connectivity index (χ2n) is 11.0. The van der Waals surface area contributed by atoms with E-state index in [1.807, 2.05) is 18.2 Å². The van der Waals surface area contributed by atoms with Crippen LogP contribution < -0.4 is 0 Å². The Kier molecular flexibility index (Phi) is 5.71. The van der Waals surface area contributed by atoms with Gasteiger partial charge in [-0.15, -0.1) is 0 Å². The molecule has 3 fully saturated rings. The van der Waals surface area contributed by atoms with Gasteiger partial charge in [-0.05, 0) is 37.2 Å². The van der Waals surface area contributed by atoms with E-state index in [0.29, 0.717) is 31.7 Å². The van der Waals surface area contributed by atoms with Crippen molar-refractivity contribution in [3.8, 4) is 0 Å². The first-order valence-corrected chi connectivity index (χ1v) is 12.4. The first-order valence-electron chi connectivity index (χ1n) is 12.4. The minimum atomic E-state index is -0.689. The number of rotatable bonds is 4. The summed E-state index contributed by atoms with van der Waals surface area (Å²) in [5, 5.41) is 22.7. The first kappa shape index (κ1) is 22.1. The Morgan fingerprint density at radius 3 is 2.62 bits per heavy atom. The summed E-state index contributed by atoms with van der Waals surface area (Å²) in [4.78, 5) is 15.2. The zero-order valence-corrected chi connectivity index (χ0v) is 19.4. The van der Waals surface area contributed by atoms with Crippen LogP contribution in [0.2, 0.25) is 0 Å². The van der Waals surface area contributed by atoms with Gasteiger partial charge < -0.3 is 19.8 Å². The van der Waals surface area contributed by atoms with E-state index in [1.165, 1.54) is 5.57 Å². The molecule has 2 saturated heterocycles. The molecule has 174 valence electrons. The highest BCUT2D eigenvalue weighted by molar-refractivity contribution is 5.76. The number of hydrogen-bond donors (Lipinski definition) is 2. The molecule has 2 heterocycles. The second kappa shape index (κ2) is 8.27. The van der Waals surface area contributed by atoms with E-state index in [4.69, 9.17) is 4.74 Å². The number of benzene rings is 1. The molecule has 5 heteroatoms. The Labute approximate surface area is 191 Å². The molecule has 0 radical (unpaired) electrons. The van der Waals surface area contributed by atoms with Gasteiger partial charge in [-0.3, -0.25) is 4.79 Å². The van der Waals surface area contributed by atoms with Crippen LogP contribution in [0.15, 0.2) is 42.0 Å². The fourth-order valence-electron chi connectivity index (χ4n) is 6.86. The van der Waals surface area contributed by atoms with E-state index in [9.17, 15) is 15.0 Å². The van der Waals surface area contributed by atoms with E-state index in [0.717, 1.165) is 37.9 Å². The van der Waals surface area contributed by atoms with E-state index >= 15 is 0 Å². The normalized spacial score (nSPS) is 39.1. The van der Waals surface area contributed by atoms with Crippen molar-refractivity contribution in [3.05, 3.63) is 47.5 Å². The van der Waals surface area contributed by atoms with E-state index < -0.39 is 11.7 Å². The lowest BCUT2D eigenvalue weighted by Gasteiger charge is -2.52. The zero-order valence-electron chi connectivity index (χ0n) is 19.4. The average Bonchev–Trinajstić information content (AvgIpc) is 3.08. The maximum absolute atomic E-state index is 12.9. The molecule has 1 aromatic rings. The SMILES string of the molecule is C[C@H]1CCC=C2C[C@H]3OC(=O)[C@@H](CN4CCC(O)(Cc5ccccc5)CC4)[C@H]3[C@H](O)[C@@]21C. The first-order chi connectivity index (χ1) is 15.3. The summed E-state index contributed by atoms with van der Waals surface area (Å²) in [6.45, 7) is 6.57. The number of esters is 1. The molecule has 0 amide bonds. The molecule has 5 rings (SSSR count). The van der Waals surface area contributed by atoms with Gasteiger partial charge in [-0.25, -0.2) is 0 Å². The van der Waals surface area contributed by atoms with Crippen molar-refractivity contribution in [2.24, 2.45) is 23.2 Å². The summed E-state index contributed by atoms with van der Waals surface area (Å²) in [6, 6.07) is 10.2. The highest BCUT2D eigenvalue weighted by atomic mass is 16.6. The van der Waals surface area contributed by atoms with Gasteiger partial charge in [0.15, 0.2) is 0 Å². The van der Waals surface area contributed by atoms with E-state index in [-0.39, 0.29) is 29.3 Å². The minimum Gasteiger partial charge on any atom is -0.461 e. The molecule has 32 heavy (non-hydrogen) atoms. The van der Waals surface area contributed by atoms with E-state index in [1.54, 1.807) is 0 Å². The standard InChI is InChI=1S/C27H37NO4/c1-18-7-6-10-20-15-22-23(24(29)26(18,20)2)21(25(30)32-22)17-28-13-11-27(31,12-14-28)16-19-8-4-3-5-9-19/h3-5,8-10,18,21-24,29,31H,6-7,11-17H2,1-2H3/t18-,21-,22+,23+,24-,26+/m0/s1. The number of piperidine rings is 1.